The van der Waals surface area contributed by atoms with Gasteiger partial charge in [0.05, 0.1) is 20.0 Å². The lowest BCUT2D eigenvalue weighted by Crippen LogP contribution is -2.43. The van der Waals surface area contributed by atoms with E-state index in [9.17, 15) is 9.59 Å². The zero-order chi connectivity index (χ0) is 15.9. The second-order valence-corrected chi connectivity index (χ2v) is 6.07. The minimum absolute atomic E-state index is 0.181. The van der Waals surface area contributed by atoms with E-state index in [1.54, 1.807) is 12.1 Å². The van der Waals surface area contributed by atoms with Crippen LogP contribution in [0.25, 0.3) is 0 Å². The number of fused-ring (bicyclic) bond motifs is 1. The first-order valence-electron chi connectivity index (χ1n) is 6.28. The van der Waals surface area contributed by atoms with Crippen molar-refractivity contribution in [1.82, 2.24) is 10.4 Å². The highest BCUT2D eigenvalue weighted by Gasteiger charge is 2.39. The zero-order valence-corrected chi connectivity index (χ0v) is 13.4. The number of benzene rings is 1. The fraction of sp³-hybridized carbons (Fsp3) is 0.308. The van der Waals surface area contributed by atoms with Crippen LogP contribution in [0.3, 0.4) is 0 Å². The van der Waals surface area contributed by atoms with Crippen LogP contribution in [-0.4, -0.2) is 41.2 Å². The summed E-state index contributed by atoms with van der Waals surface area (Å²) in [5.41, 5.74) is 3.68. The minimum atomic E-state index is -0.803. The maximum absolute atomic E-state index is 12.1. The highest BCUT2D eigenvalue weighted by atomic mass is 32.2. The number of hydrazine groups is 1. The largest absolute Gasteiger partial charge is 0.493 e. The van der Waals surface area contributed by atoms with E-state index in [4.69, 9.17) is 26.4 Å². The van der Waals surface area contributed by atoms with Crippen LogP contribution < -0.4 is 14.9 Å². The van der Waals surface area contributed by atoms with Gasteiger partial charge in [-0.1, -0.05) is 24.0 Å². The van der Waals surface area contributed by atoms with Crippen LogP contribution in [0.15, 0.2) is 12.1 Å². The van der Waals surface area contributed by atoms with Crippen LogP contribution in [0.5, 0.6) is 11.5 Å². The lowest BCUT2D eigenvalue weighted by molar-refractivity contribution is -0.128. The third kappa shape index (κ3) is 2.31. The van der Waals surface area contributed by atoms with E-state index in [0.717, 1.165) is 0 Å². The standard InChI is InChI=1S/C13H12N2O5S2/c1-18-7-4-3-6-9(10(7)19-2)12(17)20-11(6)14-15-8(16)5-22-13(15)21/h3-4,11,14H,5H2,1-2H3. The van der Waals surface area contributed by atoms with Gasteiger partial charge in [0, 0.05) is 5.56 Å². The third-order valence-corrected chi connectivity index (χ3v) is 4.64. The number of amides is 1. The number of rotatable bonds is 4. The summed E-state index contributed by atoms with van der Waals surface area (Å²) >= 11 is 6.34. The van der Waals surface area contributed by atoms with Gasteiger partial charge in [0.15, 0.2) is 22.0 Å². The smallest absolute Gasteiger partial charge is 0.344 e. The average Bonchev–Trinajstić information content (AvgIpc) is 3.01. The van der Waals surface area contributed by atoms with Crippen molar-refractivity contribution in [3.63, 3.8) is 0 Å². The van der Waals surface area contributed by atoms with Crippen LogP contribution in [0.4, 0.5) is 0 Å². The summed E-state index contributed by atoms with van der Waals surface area (Å²) in [4.78, 5) is 23.9. The predicted molar refractivity (Wildman–Crippen MR) is 82.7 cm³/mol. The van der Waals surface area contributed by atoms with Crippen molar-refractivity contribution in [2.24, 2.45) is 0 Å². The van der Waals surface area contributed by atoms with Gasteiger partial charge in [0.25, 0.3) is 5.91 Å². The van der Waals surface area contributed by atoms with Crippen molar-refractivity contribution in [1.29, 1.82) is 0 Å². The number of thiocarbonyl (C=S) groups is 1. The molecule has 0 saturated carbocycles. The quantitative estimate of drug-likeness (QED) is 0.648. The maximum atomic E-state index is 12.1. The summed E-state index contributed by atoms with van der Waals surface area (Å²) < 4.78 is 16.1. The Balaban J connectivity index is 1.95. The summed E-state index contributed by atoms with van der Waals surface area (Å²) in [6.45, 7) is 0. The molecule has 3 rings (SSSR count). The van der Waals surface area contributed by atoms with Crippen molar-refractivity contribution in [2.75, 3.05) is 20.0 Å². The number of carbonyl (C=O) groups is 2. The van der Waals surface area contributed by atoms with Gasteiger partial charge in [-0.2, -0.15) is 5.43 Å². The number of esters is 1. The van der Waals surface area contributed by atoms with E-state index in [-0.39, 0.29) is 17.2 Å². The van der Waals surface area contributed by atoms with Crippen molar-refractivity contribution < 1.29 is 23.8 Å². The molecule has 2 heterocycles. The third-order valence-electron chi connectivity index (χ3n) is 3.29. The Labute approximate surface area is 135 Å². The number of hydrogen-bond acceptors (Lipinski definition) is 8. The number of nitrogens with zero attached hydrogens (tertiary/aromatic N) is 1. The highest BCUT2D eigenvalue weighted by Crippen LogP contribution is 2.41. The van der Waals surface area contributed by atoms with Gasteiger partial charge in [-0.05, 0) is 12.1 Å². The molecule has 2 aliphatic rings. The van der Waals surface area contributed by atoms with E-state index in [0.29, 0.717) is 21.4 Å². The van der Waals surface area contributed by atoms with E-state index >= 15 is 0 Å². The normalized spacial score (nSPS) is 20.2. The summed E-state index contributed by atoms with van der Waals surface area (Å²) in [6.07, 6.45) is -0.803. The molecule has 1 N–H and O–H groups in total. The molecule has 116 valence electrons. The Morgan fingerprint density at radius 1 is 1.36 bits per heavy atom. The number of carbonyl (C=O) groups excluding carboxylic acids is 2. The molecule has 1 fully saturated rings. The van der Waals surface area contributed by atoms with Crippen molar-refractivity contribution in [2.45, 2.75) is 6.23 Å². The minimum Gasteiger partial charge on any atom is -0.493 e. The summed E-state index contributed by atoms with van der Waals surface area (Å²) in [5, 5.41) is 1.23. The molecule has 0 bridgehead atoms. The monoisotopic (exact) mass is 340 g/mol. The number of nitrogens with one attached hydrogen (secondary N) is 1. The molecule has 0 aliphatic carbocycles. The Bertz CT molecular complexity index is 663. The van der Waals surface area contributed by atoms with E-state index in [1.807, 2.05) is 0 Å². The molecule has 1 saturated heterocycles. The molecule has 0 spiro atoms. The molecule has 1 amide bonds. The van der Waals surface area contributed by atoms with Gasteiger partial charge in [0.1, 0.15) is 5.56 Å². The SMILES string of the molecule is COc1ccc2c(c1OC)C(=O)OC2NN1C(=O)CSC1=S. The molecular formula is C13H12N2O5S2. The van der Waals surface area contributed by atoms with Crippen molar-refractivity contribution in [3.8, 4) is 11.5 Å². The first kappa shape index (κ1) is 15.1. The van der Waals surface area contributed by atoms with Gasteiger partial charge >= 0.3 is 5.97 Å². The summed E-state index contributed by atoms with van der Waals surface area (Å²) in [6, 6.07) is 3.36. The van der Waals surface area contributed by atoms with Crippen LogP contribution in [0.2, 0.25) is 0 Å². The molecule has 7 nitrogen and oxygen atoms in total. The molecule has 2 aliphatic heterocycles. The van der Waals surface area contributed by atoms with Gasteiger partial charge in [-0.25, -0.2) is 9.80 Å². The van der Waals surface area contributed by atoms with Gasteiger partial charge < -0.3 is 14.2 Å². The molecule has 0 radical (unpaired) electrons. The van der Waals surface area contributed by atoms with E-state index in [2.05, 4.69) is 5.43 Å². The Kier molecular flexibility index (Phi) is 3.94. The second-order valence-electron chi connectivity index (χ2n) is 4.46. The topological polar surface area (TPSA) is 77.1 Å². The fourth-order valence-corrected chi connectivity index (χ4v) is 3.28. The molecule has 1 unspecified atom stereocenters. The van der Waals surface area contributed by atoms with Crippen molar-refractivity contribution in [3.05, 3.63) is 23.3 Å². The molecule has 22 heavy (non-hydrogen) atoms. The average molecular weight is 340 g/mol. The number of ether oxygens (including phenoxy) is 3. The van der Waals surface area contributed by atoms with Crippen LogP contribution in [-0.2, 0) is 9.53 Å². The highest BCUT2D eigenvalue weighted by molar-refractivity contribution is 8.23. The van der Waals surface area contributed by atoms with Crippen LogP contribution in [0.1, 0.15) is 22.1 Å². The van der Waals surface area contributed by atoms with E-state index in [1.165, 1.54) is 31.0 Å². The lowest BCUT2D eigenvalue weighted by Gasteiger charge is -2.21. The van der Waals surface area contributed by atoms with Gasteiger partial charge in [0.2, 0.25) is 0 Å². The summed E-state index contributed by atoms with van der Waals surface area (Å²) in [5.74, 6) is 0.278. The molecule has 0 aromatic heterocycles. The Hall–Kier alpha value is -1.84. The zero-order valence-electron chi connectivity index (χ0n) is 11.7. The Morgan fingerprint density at radius 2 is 2.14 bits per heavy atom. The maximum Gasteiger partial charge on any atom is 0.344 e. The molecule has 1 atom stereocenters. The predicted octanol–water partition coefficient (Wildman–Crippen LogP) is 1.24. The van der Waals surface area contributed by atoms with E-state index < -0.39 is 12.2 Å². The number of thioether (sulfide) groups is 1. The fourth-order valence-electron chi connectivity index (χ4n) is 2.29. The Morgan fingerprint density at radius 3 is 2.73 bits per heavy atom. The first-order valence-corrected chi connectivity index (χ1v) is 7.68. The number of methoxy groups -OCH3 is 2. The lowest BCUT2D eigenvalue weighted by atomic mass is 10.1. The molecular weight excluding hydrogens is 328 g/mol. The first-order chi connectivity index (χ1) is 10.6. The number of cyclic esters (lactones) is 1. The van der Waals surface area contributed by atoms with Gasteiger partial charge in [-0.3, -0.25) is 4.79 Å². The van der Waals surface area contributed by atoms with Crippen LogP contribution in [0, 0.1) is 0 Å². The van der Waals surface area contributed by atoms with Gasteiger partial charge in [-0.15, -0.1) is 0 Å². The second kappa shape index (κ2) is 5.75. The number of hydrogen-bond donors (Lipinski definition) is 1. The summed E-state index contributed by atoms with van der Waals surface area (Å²) in [7, 11) is 2.93. The molecule has 9 heteroatoms. The van der Waals surface area contributed by atoms with Crippen LogP contribution >= 0.6 is 24.0 Å². The molecule has 1 aromatic rings. The van der Waals surface area contributed by atoms with Crippen molar-refractivity contribution >= 4 is 40.2 Å². The molecule has 1 aromatic carbocycles.